The van der Waals surface area contributed by atoms with Crippen molar-refractivity contribution in [1.82, 2.24) is 0 Å². The Hall–Kier alpha value is -2.92. The molecule has 1 unspecified atom stereocenters. The van der Waals surface area contributed by atoms with E-state index in [9.17, 15) is 14.7 Å². The van der Waals surface area contributed by atoms with Crippen LogP contribution < -0.4 is 0 Å². The van der Waals surface area contributed by atoms with Crippen LogP contribution in [0.1, 0.15) is 322 Å². The molecule has 428 valence electrons. The Kier molecular flexibility index (Phi) is 61.8. The summed E-state index contributed by atoms with van der Waals surface area (Å²) < 4.78 is 10.7. The minimum Gasteiger partial charge on any atom is -0.462 e. The fraction of sp³-hybridized carbons (Fsp3) is 0.768. The zero-order chi connectivity index (χ0) is 53.4. The molecular weight excluding hydrogens is 909 g/mol. The highest BCUT2D eigenvalue weighted by Crippen LogP contribution is 2.17. The zero-order valence-corrected chi connectivity index (χ0v) is 49.1. The maximum Gasteiger partial charge on any atom is 0.306 e. The highest BCUT2D eigenvalue weighted by atomic mass is 16.6. The molecule has 1 N–H and O–H groups in total. The summed E-state index contributed by atoms with van der Waals surface area (Å²) in [6.45, 7) is 4.03. The fourth-order valence-corrected chi connectivity index (χ4v) is 9.38. The van der Waals surface area contributed by atoms with Crippen LogP contribution in [0.3, 0.4) is 0 Å². The highest BCUT2D eigenvalue weighted by Gasteiger charge is 2.16. The van der Waals surface area contributed by atoms with Crippen molar-refractivity contribution < 1.29 is 24.2 Å². The first-order chi connectivity index (χ1) is 36.6. The third-order valence-corrected chi connectivity index (χ3v) is 14.2. The van der Waals surface area contributed by atoms with Gasteiger partial charge in [-0.05, 0) is 89.9 Å². The molecule has 0 heterocycles. The standard InChI is InChI=1S/C69H122O5/c1-3-5-7-9-11-13-15-17-19-21-23-25-27-28-29-30-31-32-33-34-35-36-37-38-39-40-42-43-45-47-49-51-53-55-57-59-61-63-68(71)73-66-67(65-70)74-69(72)64-62-60-58-56-54-52-50-48-46-44-41-26-24-22-20-18-16-14-12-10-8-6-4-2/h6,8,12,14,18,20-21,23-24,26,44,46,50,52,67,70H,3-5,7,9-11,13,15-17,19,22,25,27-43,45,47-49,51,53-66H2,1-2H3/b8-6-,14-12-,20-18-,23-21-,26-24-,46-44-,52-50-. The molecule has 0 fully saturated rings. The molecule has 0 saturated carbocycles. The van der Waals surface area contributed by atoms with E-state index in [1.54, 1.807) is 0 Å². The van der Waals surface area contributed by atoms with Gasteiger partial charge in [0.15, 0.2) is 6.10 Å². The second kappa shape index (κ2) is 64.4. The Morgan fingerprint density at radius 2 is 0.581 bits per heavy atom. The number of aliphatic hydroxyl groups is 1. The Bertz CT molecular complexity index is 1350. The van der Waals surface area contributed by atoms with Gasteiger partial charge < -0.3 is 14.6 Å². The van der Waals surface area contributed by atoms with Crippen LogP contribution in [0.15, 0.2) is 85.1 Å². The van der Waals surface area contributed by atoms with Gasteiger partial charge in [-0.3, -0.25) is 9.59 Å². The normalized spacial score (nSPS) is 12.7. The molecule has 0 spiro atoms. The van der Waals surface area contributed by atoms with Crippen molar-refractivity contribution >= 4 is 11.9 Å². The number of ether oxygens (including phenoxy) is 2. The van der Waals surface area contributed by atoms with E-state index in [1.807, 2.05) is 0 Å². The minimum atomic E-state index is -0.790. The maximum absolute atomic E-state index is 12.3. The quantitative estimate of drug-likeness (QED) is 0.0373. The summed E-state index contributed by atoms with van der Waals surface area (Å²) in [5.41, 5.74) is 0. The average molecular weight is 1030 g/mol. The topological polar surface area (TPSA) is 72.8 Å². The summed E-state index contributed by atoms with van der Waals surface area (Å²) in [6.07, 6.45) is 90.3. The summed E-state index contributed by atoms with van der Waals surface area (Å²) in [5.74, 6) is -0.612. The molecule has 0 bridgehead atoms. The number of carbonyl (C=O) groups excluding carboxylic acids is 2. The maximum atomic E-state index is 12.3. The van der Waals surface area contributed by atoms with Gasteiger partial charge in [0, 0.05) is 12.8 Å². The van der Waals surface area contributed by atoms with E-state index in [0.717, 1.165) is 89.9 Å². The molecule has 0 rings (SSSR count). The molecule has 0 aliphatic rings. The van der Waals surface area contributed by atoms with Gasteiger partial charge in [-0.2, -0.15) is 0 Å². The second-order valence-electron chi connectivity index (χ2n) is 21.5. The highest BCUT2D eigenvalue weighted by molar-refractivity contribution is 5.70. The van der Waals surface area contributed by atoms with E-state index in [1.165, 1.54) is 205 Å². The van der Waals surface area contributed by atoms with Gasteiger partial charge in [0.05, 0.1) is 6.61 Å². The minimum absolute atomic E-state index is 0.0777. The lowest BCUT2D eigenvalue weighted by molar-refractivity contribution is -0.161. The molecular formula is C69H122O5. The summed E-state index contributed by atoms with van der Waals surface area (Å²) in [7, 11) is 0. The first-order valence-corrected chi connectivity index (χ1v) is 32.1. The Morgan fingerprint density at radius 3 is 0.892 bits per heavy atom. The Labute approximate surface area is 460 Å². The summed E-state index contributed by atoms with van der Waals surface area (Å²) in [5, 5.41) is 9.67. The van der Waals surface area contributed by atoms with Crippen molar-refractivity contribution in [3.05, 3.63) is 85.1 Å². The third kappa shape index (κ3) is 61.6. The van der Waals surface area contributed by atoms with Crippen molar-refractivity contribution in [1.29, 1.82) is 0 Å². The van der Waals surface area contributed by atoms with Crippen LogP contribution in [0.25, 0.3) is 0 Å². The lowest BCUT2D eigenvalue weighted by Gasteiger charge is -2.15. The molecule has 5 heteroatoms. The molecule has 0 aromatic rings. The van der Waals surface area contributed by atoms with Crippen LogP contribution in [0.4, 0.5) is 0 Å². The number of rotatable bonds is 59. The predicted octanol–water partition coefficient (Wildman–Crippen LogP) is 22.1. The zero-order valence-electron chi connectivity index (χ0n) is 49.1. The van der Waals surface area contributed by atoms with Crippen LogP contribution in [-0.2, 0) is 19.1 Å². The third-order valence-electron chi connectivity index (χ3n) is 14.2. The van der Waals surface area contributed by atoms with E-state index in [0.29, 0.717) is 12.8 Å². The number of aliphatic hydroxyl groups excluding tert-OH is 1. The number of unbranched alkanes of at least 4 members (excludes halogenated alkanes) is 37. The Balaban J connectivity index is 3.45. The average Bonchev–Trinajstić information content (AvgIpc) is 3.40. The lowest BCUT2D eigenvalue weighted by atomic mass is 10.0. The van der Waals surface area contributed by atoms with E-state index in [-0.39, 0.29) is 25.2 Å². The van der Waals surface area contributed by atoms with Crippen LogP contribution in [0, 0.1) is 0 Å². The molecule has 0 aromatic carbocycles. The molecule has 0 aliphatic carbocycles. The van der Waals surface area contributed by atoms with E-state index in [4.69, 9.17) is 9.47 Å². The van der Waals surface area contributed by atoms with Crippen molar-refractivity contribution in [2.45, 2.75) is 328 Å². The predicted molar refractivity (Wildman–Crippen MR) is 325 cm³/mol. The first kappa shape index (κ1) is 71.1. The SMILES string of the molecule is CC/C=C\C/C=C\C/C=C\C/C=C\C/C=C\C/C=C\CCCCCCC(=O)OC(CO)COC(=O)CCCCCCCCCCCCCCCCCCCCCCCCCCC/C=C\CCCCCCCCCC. The van der Waals surface area contributed by atoms with Crippen molar-refractivity contribution in [2.24, 2.45) is 0 Å². The van der Waals surface area contributed by atoms with E-state index >= 15 is 0 Å². The number of carbonyl (C=O) groups is 2. The second-order valence-corrected chi connectivity index (χ2v) is 21.5. The van der Waals surface area contributed by atoms with Gasteiger partial charge in [0.1, 0.15) is 6.61 Å². The largest absolute Gasteiger partial charge is 0.462 e. The number of hydrogen-bond donors (Lipinski definition) is 1. The Morgan fingerprint density at radius 1 is 0.324 bits per heavy atom. The van der Waals surface area contributed by atoms with Gasteiger partial charge in [0.2, 0.25) is 0 Å². The lowest BCUT2D eigenvalue weighted by Crippen LogP contribution is -2.28. The van der Waals surface area contributed by atoms with Crippen LogP contribution in [0.2, 0.25) is 0 Å². The van der Waals surface area contributed by atoms with Crippen LogP contribution >= 0.6 is 0 Å². The van der Waals surface area contributed by atoms with Crippen LogP contribution in [0.5, 0.6) is 0 Å². The number of hydrogen-bond acceptors (Lipinski definition) is 5. The first-order valence-electron chi connectivity index (χ1n) is 32.1. The van der Waals surface area contributed by atoms with Crippen molar-refractivity contribution in [3.63, 3.8) is 0 Å². The number of allylic oxidation sites excluding steroid dienone is 14. The van der Waals surface area contributed by atoms with Gasteiger partial charge in [0.25, 0.3) is 0 Å². The van der Waals surface area contributed by atoms with E-state index in [2.05, 4.69) is 98.9 Å². The van der Waals surface area contributed by atoms with Gasteiger partial charge in [-0.1, -0.05) is 304 Å². The molecule has 5 nitrogen and oxygen atoms in total. The van der Waals surface area contributed by atoms with Gasteiger partial charge in [-0.15, -0.1) is 0 Å². The summed E-state index contributed by atoms with van der Waals surface area (Å²) in [4.78, 5) is 24.6. The molecule has 0 saturated heterocycles. The molecule has 0 radical (unpaired) electrons. The van der Waals surface area contributed by atoms with Crippen LogP contribution in [-0.4, -0.2) is 36.4 Å². The summed E-state index contributed by atoms with van der Waals surface area (Å²) >= 11 is 0. The fourth-order valence-electron chi connectivity index (χ4n) is 9.38. The molecule has 0 aliphatic heterocycles. The monoisotopic (exact) mass is 1030 g/mol. The molecule has 0 amide bonds. The molecule has 74 heavy (non-hydrogen) atoms. The molecule has 1 atom stereocenters. The smallest absolute Gasteiger partial charge is 0.306 e. The van der Waals surface area contributed by atoms with Crippen molar-refractivity contribution in [2.75, 3.05) is 13.2 Å². The summed E-state index contributed by atoms with van der Waals surface area (Å²) in [6, 6.07) is 0. The van der Waals surface area contributed by atoms with E-state index < -0.39 is 6.10 Å². The van der Waals surface area contributed by atoms with Crippen molar-refractivity contribution in [3.8, 4) is 0 Å². The van der Waals surface area contributed by atoms with Gasteiger partial charge in [-0.25, -0.2) is 0 Å². The number of esters is 2. The molecule has 0 aromatic heterocycles. The van der Waals surface area contributed by atoms with Gasteiger partial charge >= 0.3 is 11.9 Å².